The van der Waals surface area contributed by atoms with Crippen LogP contribution in [0.25, 0.3) is 0 Å². The zero-order chi connectivity index (χ0) is 24.1. The summed E-state index contributed by atoms with van der Waals surface area (Å²) >= 11 is 6.12. The summed E-state index contributed by atoms with van der Waals surface area (Å²) in [5, 5.41) is 0.581. The van der Waals surface area contributed by atoms with Crippen LogP contribution < -0.4 is 4.74 Å². The molecule has 2 fully saturated rings. The molecule has 2 heterocycles. The number of nitrogens with zero attached hydrogens (tertiary/aromatic N) is 2. The number of halogens is 2. The number of piperidine rings is 2. The summed E-state index contributed by atoms with van der Waals surface area (Å²) < 4.78 is 20.3. The van der Waals surface area contributed by atoms with E-state index in [4.69, 9.17) is 16.3 Å². The molecule has 182 valence electrons. The van der Waals surface area contributed by atoms with E-state index in [1.54, 1.807) is 36.1 Å². The molecule has 2 aromatic carbocycles. The molecule has 0 aliphatic carbocycles. The van der Waals surface area contributed by atoms with Crippen LogP contribution in [0, 0.1) is 18.2 Å². The van der Waals surface area contributed by atoms with Gasteiger partial charge in [0.05, 0.1) is 6.61 Å². The Morgan fingerprint density at radius 1 is 1.03 bits per heavy atom. The number of benzene rings is 2. The van der Waals surface area contributed by atoms with Gasteiger partial charge in [-0.3, -0.25) is 9.59 Å². The maximum absolute atomic E-state index is 14.1. The van der Waals surface area contributed by atoms with Crippen LogP contribution in [0.2, 0.25) is 5.02 Å². The van der Waals surface area contributed by atoms with E-state index in [1.165, 1.54) is 6.07 Å². The van der Waals surface area contributed by atoms with Gasteiger partial charge in [-0.15, -0.1) is 0 Å². The summed E-state index contributed by atoms with van der Waals surface area (Å²) in [4.78, 5) is 30.2. The molecule has 2 aliphatic heterocycles. The third kappa shape index (κ3) is 5.90. The van der Waals surface area contributed by atoms with Crippen molar-refractivity contribution in [1.29, 1.82) is 0 Å². The van der Waals surface area contributed by atoms with Crippen LogP contribution >= 0.6 is 11.6 Å². The minimum absolute atomic E-state index is 0.116. The summed E-state index contributed by atoms with van der Waals surface area (Å²) in [6.07, 6.45) is 5.07. The van der Waals surface area contributed by atoms with Crippen molar-refractivity contribution in [2.45, 2.75) is 45.4 Å². The lowest BCUT2D eigenvalue weighted by Crippen LogP contribution is -2.51. The highest BCUT2D eigenvalue weighted by Crippen LogP contribution is 2.36. The first kappa shape index (κ1) is 24.5. The van der Waals surface area contributed by atoms with Gasteiger partial charge in [-0.1, -0.05) is 23.7 Å². The number of ether oxygens (including phenoxy) is 1. The normalized spacial score (nSPS) is 20.8. The summed E-state index contributed by atoms with van der Waals surface area (Å²) in [6, 6.07) is 11.8. The Morgan fingerprint density at radius 2 is 1.79 bits per heavy atom. The number of aryl methyl sites for hydroxylation is 1. The minimum Gasteiger partial charge on any atom is -0.493 e. The third-order valence-electron chi connectivity index (χ3n) is 6.94. The van der Waals surface area contributed by atoms with Gasteiger partial charge in [-0.05, 0) is 74.9 Å². The molecule has 2 saturated heterocycles. The number of hydrogen-bond donors (Lipinski definition) is 0. The quantitative estimate of drug-likeness (QED) is 0.542. The van der Waals surface area contributed by atoms with Crippen LogP contribution in [-0.2, 0) is 4.79 Å². The number of amides is 2. The van der Waals surface area contributed by atoms with Crippen molar-refractivity contribution >= 4 is 23.4 Å². The van der Waals surface area contributed by atoms with E-state index < -0.39 is 11.2 Å². The highest BCUT2D eigenvalue weighted by atomic mass is 35.5. The van der Waals surface area contributed by atoms with Crippen molar-refractivity contribution in [3.05, 3.63) is 64.4 Å². The van der Waals surface area contributed by atoms with Gasteiger partial charge in [0.25, 0.3) is 5.91 Å². The predicted octanol–water partition coefficient (Wildman–Crippen LogP) is 5.49. The van der Waals surface area contributed by atoms with Crippen molar-refractivity contribution in [2.24, 2.45) is 5.41 Å². The van der Waals surface area contributed by atoms with Crippen molar-refractivity contribution in [3.63, 3.8) is 0 Å². The number of hydrogen-bond acceptors (Lipinski definition) is 3. The van der Waals surface area contributed by atoms with Gasteiger partial charge >= 0.3 is 0 Å². The van der Waals surface area contributed by atoms with Gasteiger partial charge in [0.15, 0.2) is 0 Å². The SMILES string of the molecule is Cc1ccc(C(=O)N2CCC[C@](COc3cccc(Cl)c3)(CC(=O)N3CCCCC3)C2)cc1F. The van der Waals surface area contributed by atoms with E-state index in [0.29, 0.717) is 48.0 Å². The van der Waals surface area contributed by atoms with Crippen LogP contribution in [0.4, 0.5) is 4.39 Å². The molecule has 1 atom stereocenters. The highest BCUT2D eigenvalue weighted by Gasteiger charge is 2.41. The third-order valence-corrected chi connectivity index (χ3v) is 7.18. The first-order valence-corrected chi connectivity index (χ1v) is 12.4. The molecule has 7 heteroatoms. The van der Waals surface area contributed by atoms with Crippen LogP contribution in [0.15, 0.2) is 42.5 Å². The monoisotopic (exact) mass is 486 g/mol. The highest BCUT2D eigenvalue weighted by molar-refractivity contribution is 6.30. The largest absolute Gasteiger partial charge is 0.493 e. The fraction of sp³-hybridized carbons (Fsp3) is 0.481. The lowest BCUT2D eigenvalue weighted by Gasteiger charge is -2.43. The summed E-state index contributed by atoms with van der Waals surface area (Å²) in [5.41, 5.74) is 0.317. The number of likely N-dealkylation sites (tertiary alicyclic amines) is 2. The molecule has 2 aliphatic rings. The number of rotatable bonds is 6. The van der Waals surface area contributed by atoms with E-state index in [2.05, 4.69) is 0 Å². The van der Waals surface area contributed by atoms with Crippen LogP contribution in [-0.4, -0.2) is 54.4 Å². The molecular formula is C27H32ClFN2O3. The van der Waals surface area contributed by atoms with Gasteiger partial charge in [-0.2, -0.15) is 0 Å². The molecule has 0 saturated carbocycles. The van der Waals surface area contributed by atoms with Gasteiger partial charge in [0.2, 0.25) is 5.91 Å². The lowest BCUT2D eigenvalue weighted by atomic mass is 9.77. The molecule has 0 unspecified atom stereocenters. The second kappa shape index (κ2) is 10.8. The average molecular weight is 487 g/mol. The smallest absolute Gasteiger partial charge is 0.253 e. The molecule has 0 spiro atoms. The fourth-order valence-electron chi connectivity index (χ4n) is 4.97. The van der Waals surface area contributed by atoms with Gasteiger partial charge in [0.1, 0.15) is 11.6 Å². The Balaban J connectivity index is 1.54. The average Bonchev–Trinajstić information content (AvgIpc) is 2.85. The van der Waals surface area contributed by atoms with Crippen LogP contribution in [0.5, 0.6) is 5.75 Å². The van der Waals surface area contributed by atoms with Crippen molar-refractivity contribution in [3.8, 4) is 5.75 Å². The minimum atomic E-state index is -0.520. The molecule has 5 nitrogen and oxygen atoms in total. The Hall–Kier alpha value is -2.60. The van der Waals surface area contributed by atoms with Crippen molar-refractivity contribution in [2.75, 3.05) is 32.8 Å². The molecule has 0 aromatic heterocycles. The molecule has 34 heavy (non-hydrogen) atoms. The molecule has 0 bridgehead atoms. The number of carbonyl (C=O) groups is 2. The van der Waals surface area contributed by atoms with E-state index in [-0.39, 0.29) is 11.8 Å². The van der Waals surface area contributed by atoms with E-state index in [0.717, 1.165) is 45.2 Å². The Labute approximate surface area is 205 Å². The first-order valence-electron chi connectivity index (χ1n) is 12.1. The van der Waals surface area contributed by atoms with Gasteiger partial charge in [0, 0.05) is 48.6 Å². The molecule has 0 radical (unpaired) electrons. The Kier molecular flexibility index (Phi) is 7.77. The topological polar surface area (TPSA) is 49.9 Å². The van der Waals surface area contributed by atoms with Crippen molar-refractivity contribution in [1.82, 2.24) is 9.80 Å². The summed E-state index contributed by atoms with van der Waals surface area (Å²) in [7, 11) is 0. The zero-order valence-corrected chi connectivity index (χ0v) is 20.5. The molecule has 2 amide bonds. The second-order valence-corrected chi connectivity index (χ2v) is 10.1. The van der Waals surface area contributed by atoms with Crippen molar-refractivity contribution < 1.29 is 18.7 Å². The van der Waals surface area contributed by atoms with Crippen LogP contribution in [0.3, 0.4) is 0 Å². The second-order valence-electron chi connectivity index (χ2n) is 9.66. The number of carbonyl (C=O) groups excluding carboxylic acids is 2. The molecule has 2 aromatic rings. The Bertz CT molecular complexity index is 1040. The van der Waals surface area contributed by atoms with Gasteiger partial charge < -0.3 is 14.5 Å². The van der Waals surface area contributed by atoms with E-state index in [9.17, 15) is 14.0 Å². The molecule has 0 N–H and O–H groups in total. The van der Waals surface area contributed by atoms with E-state index in [1.807, 2.05) is 17.0 Å². The maximum Gasteiger partial charge on any atom is 0.253 e. The lowest BCUT2D eigenvalue weighted by molar-refractivity contribution is -0.136. The Morgan fingerprint density at radius 3 is 2.53 bits per heavy atom. The van der Waals surface area contributed by atoms with Crippen LogP contribution in [0.1, 0.15) is 54.4 Å². The molecule has 4 rings (SSSR count). The summed E-state index contributed by atoms with van der Waals surface area (Å²) in [6.45, 7) is 4.52. The predicted molar refractivity (Wildman–Crippen MR) is 131 cm³/mol. The zero-order valence-electron chi connectivity index (χ0n) is 19.7. The fourth-order valence-corrected chi connectivity index (χ4v) is 5.15. The molecular weight excluding hydrogens is 455 g/mol. The van der Waals surface area contributed by atoms with E-state index >= 15 is 0 Å². The summed E-state index contributed by atoms with van der Waals surface area (Å²) in [5.74, 6) is 0.154. The maximum atomic E-state index is 14.1. The standard InChI is InChI=1S/C27H32ClFN2O3/c1-20-9-10-21(15-24(20)29)26(33)31-14-6-11-27(18-31,17-25(32)30-12-3-2-4-13-30)19-34-23-8-5-7-22(28)16-23/h5,7-10,15-16H,2-4,6,11-14,17-19H2,1H3/t27-/m0/s1. The first-order chi connectivity index (χ1) is 16.3. The van der Waals surface area contributed by atoms with Gasteiger partial charge in [-0.25, -0.2) is 4.39 Å².